The van der Waals surface area contributed by atoms with Gasteiger partial charge in [-0.15, -0.1) is 0 Å². The number of anilines is 1. The van der Waals surface area contributed by atoms with Crippen molar-refractivity contribution >= 4 is 34.9 Å². The standard InChI is InChI=1S/C11H15ClN4O2S/c1-19-11(4-2-3-5-11)7-14-9-8(16(17)18)6-13-10(12)15-9/h6H,2-5,7H2,1H3,(H,13,14,15). The third-order valence-corrected chi connectivity index (χ3v) is 5.06. The Hall–Kier alpha value is -1.08. The highest BCUT2D eigenvalue weighted by Crippen LogP contribution is 2.40. The van der Waals surface area contributed by atoms with E-state index in [9.17, 15) is 10.1 Å². The van der Waals surface area contributed by atoms with E-state index in [1.165, 1.54) is 12.8 Å². The molecule has 1 N–H and O–H groups in total. The van der Waals surface area contributed by atoms with E-state index in [2.05, 4.69) is 21.5 Å². The van der Waals surface area contributed by atoms with Gasteiger partial charge in [-0.1, -0.05) is 12.8 Å². The van der Waals surface area contributed by atoms with E-state index in [0.717, 1.165) is 19.0 Å². The van der Waals surface area contributed by atoms with Gasteiger partial charge in [0.25, 0.3) is 0 Å². The fourth-order valence-electron chi connectivity index (χ4n) is 2.33. The van der Waals surface area contributed by atoms with Gasteiger partial charge in [0, 0.05) is 11.3 Å². The molecule has 0 aromatic carbocycles. The normalized spacial score (nSPS) is 17.4. The Bertz CT molecular complexity index is 480. The van der Waals surface area contributed by atoms with Crippen molar-refractivity contribution in [2.45, 2.75) is 30.4 Å². The number of halogens is 1. The van der Waals surface area contributed by atoms with Crippen molar-refractivity contribution < 1.29 is 4.92 Å². The molecule has 0 amide bonds. The first-order valence-corrected chi connectivity index (χ1v) is 7.62. The largest absolute Gasteiger partial charge is 0.363 e. The van der Waals surface area contributed by atoms with E-state index in [4.69, 9.17) is 11.6 Å². The average molecular weight is 303 g/mol. The molecule has 1 fully saturated rings. The molecular formula is C11H15ClN4O2S. The van der Waals surface area contributed by atoms with Gasteiger partial charge < -0.3 is 5.32 Å². The molecule has 6 nitrogen and oxygen atoms in total. The molecule has 1 aliphatic rings. The number of aromatic nitrogens is 2. The highest BCUT2D eigenvalue weighted by atomic mass is 35.5. The minimum absolute atomic E-state index is 0.0118. The van der Waals surface area contributed by atoms with Crippen molar-refractivity contribution in [2.75, 3.05) is 18.1 Å². The van der Waals surface area contributed by atoms with Gasteiger partial charge in [-0.25, -0.2) is 4.98 Å². The van der Waals surface area contributed by atoms with Crippen LogP contribution in [-0.4, -0.2) is 32.4 Å². The molecule has 0 saturated heterocycles. The van der Waals surface area contributed by atoms with Crippen LogP contribution < -0.4 is 5.32 Å². The minimum Gasteiger partial charge on any atom is -0.363 e. The second-order valence-electron chi connectivity index (χ2n) is 4.58. The molecule has 1 aromatic heterocycles. The highest BCUT2D eigenvalue weighted by molar-refractivity contribution is 8.00. The number of thioether (sulfide) groups is 1. The maximum atomic E-state index is 10.9. The molecule has 2 rings (SSSR count). The zero-order valence-electron chi connectivity index (χ0n) is 10.6. The van der Waals surface area contributed by atoms with Gasteiger partial charge in [-0.3, -0.25) is 10.1 Å². The number of hydrogen-bond donors (Lipinski definition) is 1. The summed E-state index contributed by atoms with van der Waals surface area (Å²) in [5.74, 6) is 0.199. The lowest BCUT2D eigenvalue weighted by atomic mass is 10.1. The lowest BCUT2D eigenvalue weighted by Crippen LogP contribution is -2.30. The van der Waals surface area contributed by atoms with Crippen molar-refractivity contribution in [3.8, 4) is 0 Å². The van der Waals surface area contributed by atoms with Gasteiger partial charge in [0.15, 0.2) is 0 Å². The highest BCUT2D eigenvalue weighted by Gasteiger charge is 2.33. The topological polar surface area (TPSA) is 81.0 Å². The lowest BCUT2D eigenvalue weighted by molar-refractivity contribution is -0.384. The summed E-state index contributed by atoms with van der Waals surface area (Å²) >= 11 is 7.50. The van der Waals surface area contributed by atoms with Gasteiger partial charge in [0.1, 0.15) is 6.20 Å². The van der Waals surface area contributed by atoms with E-state index in [0.29, 0.717) is 6.54 Å². The summed E-state index contributed by atoms with van der Waals surface area (Å²) in [4.78, 5) is 18.0. The third kappa shape index (κ3) is 3.27. The molecule has 1 aromatic rings. The summed E-state index contributed by atoms with van der Waals surface area (Å²) in [7, 11) is 0. The Morgan fingerprint density at radius 2 is 2.26 bits per heavy atom. The van der Waals surface area contributed by atoms with Crippen LogP contribution in [0.4, 0.5) is 11.5 Å². The van der Waals surface area contributed by atoms with Crippen LogP contribution in [0, 0.1) is 10.1 Å². The van der Waals surface area contributed by atoms with E-state index < -0.39 is 4.92 Å². The summed E-state index contributed by atoms with van der Waals surface area (Å²) in [6.07, 6.45) is 7.86. The Morgan fingerprint density at radius 1 is 1.58 bits per heavy atom. The molecule has 0 atom stereocenters. The van der Waals surface area contributed by atoms with E-state index in [1.54, 1.807) is 0 Å². The number of nitrogens with one attached hydrogen (secondary N) is 1. The Balaban J connectivity index is 2.14. The van der Waals surface area contributed by atoms with Crippen LogP contribution in [0.2, 0.25) is 5.28 Å². The van der Waals surface area contributed by atoms with Crippen LogP contribution in [-0.2, 0) is 0 Å². The Morgan fingerprint density at radius 3 is 2.84 bits per heavy atom. The zero-order valence-corrected chi connectivity index (χ0v) is 12.1. The van der Waals surface area contributed by atoms with Crippen LogP contribution >= 0.6 is 23.4 Å². The summed E-state index contributed by atoms with van der Waals surface area (Å²) in [5, 5.41) is 14.0. The number of hydrogen-bond acceptors (Lipinski definition) is 6. The molecule has 1 aliphatic carbocycles. The lowest BCUT2D eigenvalue weighted by Gasteiger charge is -2.27. The molecule has 1 saturated carbocycles. The molecule has 0 unspecified atom stereocenters. The Kier molecular flexibility index (Phi) is 4.46. The minimum atomic E-state index is -0.501. The molecule has 0 aliphatic heterocycles. The van der Waals surface area contributed by atoms with Gasteiger partial charge >= 0.3 is 5.69 Å². The van der Waals surface area contributed by atoms with Crippen LogP contribution in [0.25, 0.3) is 0 Å². The van der Waals surface area contributed by atoms with Crippen molar-refractivity contribution in [2.24, 2.45) is 0 Å². The fraction of sp³-hybridized carbons (Fsp3) is 0.636. The smallest absolute Gasteiger partial charge is 0.329 e. The quantitative estimate of drug-likeness (QED) is 0.511. The van der Waals surface area contributed by atoms with E-state index >= 15 is 0 Å². The first-order chi connectivity index (χ1) is 9.06. The van der Waals surface area contributed by atoms with Crippen molar-refractivity contribution in [3.05, 3.63) is 21.6 Å². The van der Waals surface area contributed by atoms with Gasteiger partial charge in [0.05, 0.1) is 4.92 Å². The van der Waals surface area contributed by atoms with Crippen LogP contribution in [0.3, 0.4) is 0 Å². The number of rotatable bonds is 5. The summed E-state index contributed by atoms with van der Waals surface area (Å²) in [6.45, 7) is 0.655. The third-order valence-electron chi connectivity index (χ3n) is 3.46. The first-order valence-electron chi connectivity index (χ1n) is 6.02. The second-order valence-corrected chi connectivity index (χ2v) is 6.19. The van der Waals surface area contributed by atoms with E-state index in [-0.39, 0.29) is 21.5 Å². The molecule has 0 radical (unpaired) electrons. The summed E-state index contributed by atoms with van der Waals surface area (Å²) in [5.41, 5.74) is -0.140. The summed E-state index contributed by atoms with van der Waals surface area (Å²) in [6, 6.07) is 0. The van der Waals surface area contributed by atoms with Gasteiger partial charge in [-0.05, 0) is 30.7 Å². The SMILES string of the molecule is CSC1(CNc2nc(Cl)ncc2[N+](=O)[O-])CCCC1. The van der Waals surface area contributed by atoms with Crippen LogP contribution in [0.5, 0.6) is 0 Å². The molecule has 19 heavy (non-hydrogen) atoms. The van der Waals surface area contributed by atoms with E-state index in [1.807, 2.05) is 11.8 Å². The van der Waals surface area contributed by atoms with Crippen molar-refractivity contribution in [3.63, 3.8) is 0 Å². The molecule has 0 spiro atoms. The average Bonchev–Trinajstić information content (AvgIpc) is 2.85. The predicted molar refractivity (Wildman–Crippen MR) is 76.9 cm³/mol. The van der Waals surface area contributed by atoms with Crippen LogP contribution in [0.1, 0.15) is 25.7 Å². The Labute approximate surface area is 120 Å². The zero-order chi connectivity index (χ0) is 13.9. The molecular weight excluding hydrogens is 288 g/mol. The summed E-state index contributed by atoms with van der Waals surface area (Å²) < 4.78 is 0.144. The predicted octanol–water partition coefficient (Wildman–Crippen LogP) is 3.13. The van der Waals surface area contributed by atoms with Gasteiger partial charge in [-0.2, -0.15) is 16.7 Å². The molecule has 8 heteroatoms. The first kappa shape index (κ1) is 14.3. The molecule has 0 bridgehead atoms. The molecule has 104 valence electrons. The number of nitrogens with zero attached hydrogens (tertiary/aromatic N) is 3. The second kappa shape index (κ2) is 5.92. The van der Waals surface area contributed by atoms with Gasteiger partial charge in [0.2, 0.25) is 11.1 Å². The van der Waals surface area contributed by atoms with Crippen LogP contribution in [0.15, 0.2) is 6.20 Å². The van der Waals surface area contributed by atoms with Crippen molar-refractivity contribution in [1.29, 1.82) is 0 Å². The number of nitro groups is 1. The molecule has 1 heterocycles. The maximum Gasteiger partial charge on any atom is 0.329 e. The monoisotopic (exact) mass is 302 g/mol. The van der Waals surface area contributed by atoms with Crippen molar-refractivity contribution in [1.82, 2.24) is 9.97 Å². The fourth-order valence-corrected chi connectivity index (χ4v) is 3.38. The maximum absolute atomic E-state index is 10.9.